The van der Waals surface area contributed by atoms with Crippen LogP contribution in [-0.4, -0.2) is 39.3 Å². The van der Waals surface area contributed by atoms with Gasteiger partial charge in [-0.05, 0) is 24.6 Å². The Hall–Kier alpha value is -1.68. The number of halogens is 4. The highest BCUT2D eigenvalue weighted by molar-refractivity contribution is 7.92. The molecule has 1 aromatic rings. The Bertz CT molecular complexity index is 717. The predicted molar refractivity (Wildman–Crippen MR) is 70.8 cm³/mol. The van der Waals surface area contributed by atoms with Crippen molar-refractivity contribution >= 4 is 15.8 Å². The van der Waals surface area contributed by atoms with Gasteiger partial charge >= 0.3 is 12.1 Å². The van der Waals surface area contributed by atoms with Gasteiger partial charge in [-0.2, -0.15) is 13.2 Å². The van der Waals surface area contributed by atoms with Crippen molar-refractivity contribution in [3.05, 3.63) is 29.6 Å². The van der Waals surface area contributed by atoms with Gasteiger partial charge in [0.1, 0.15) is 11.9 Å². The Balaban J connectivity index is 2.40. The standard InChI is InChI=1S/C13H13F4NO4S/c1-22-12(19)10-5-8(6-18-10)23(20,21)11-3-2-7(14)4-9(11)13(15,16)17/h2-4,8,10,18H,5-6H2,1H3/t8-,10+/m1/s1. The Labute approximate surface area is 129 Å². The second kappa shape index (κ2) is 6.08. The molecular formula is C13H13F4NO4S. The molecule has 1 saturated heterocycles. The van der Waals surface area contributed by atoms with Crippen LogP contribution in [0.25, 0.3) is 0 Å². The number of rotatable bonds is 3. The van der Waals surface area contributed by atoms with Crippen molar-refractivity contribution in [2.45, 2.75) is 28.8 Å². The summed E-state index contributed by atoms with van der Waals surface area (Å²) in [6.07, 6.45) is -5.23. The average Bonchev–Trinajstić information content (AvgIpc) is 2.95. The number of hydrogen-bond donors (Lipinski definition) is 1. The van der Waals surface area contributed by atoms with Crippen molar-refractivity contribution in [1.29, 1.82) is 0 Å². The van der Waals surface area contributed by atoms with E-state index in [1.165, 1.54) is 0 Å². The number of methoxy groups -OCH3 is 1. The molecule has 0 unspecified atom stereocenters. The smallest absolute Gasteiger partial charge is 0.417 e. The molecule has 0 aromatic heterocycles. The van der Waals surface area contributed by atoms with Crippen molar-refractivity contribution in [3.63, 3.8) is 0 Å². The van der Waals surface area contributed by atoms with Crippen LogP contribution in [0.3, 0.4) is 0 Å². The topological polar surface area (TPSA) is 72.5 Å². The normalized spacial score (nSPS) is 22.1. The molecule has 0 amide bonds. The van der Waals surface area contributed by atoms with E-state index < -0.39 is 49.6 Å². The van der Waals surface area contributed by atoms with Crippen LogP contribution >= 0.6 is 0 Å². The number of benzene rings is 1. The third kappa shape index (κ3) is 3.47. The molecule has 23 heavy (non-hydrogen) atoms. The Morgan fingerprint density at radius 3 is 2.57 bits per heavy atom. The first-order valence-electron chi connectivity index (χ1n) is 6.49. The molecule has 2 atom stereocenters. The van der Waals surface area contributed by atoms with Gasteiger partial charge in [-0.3, -0.25) is 4.79 Å². The number of esters is 1. The maximum absolute atomic E-state index is 13.1. The minimum Gasteiger partial charge on any atom is -0.468 e. The zero-order valence-corrected chi connectivity index (χ0v) is 12.7. The maximum atomic E-state index is 13.1. The number of carbonyl (C=O) groups is 1. The summed E-state index contributed by atoms with van der Waals surface area (Å²) in [5, 5.41) is 1.36. The van der Waals surface area contributed by atoms with E-state index in [0.29, 0.717) is 12.1 Å². The van der Waals surface area contributed by atoms with Crippen molar-refractivity contribution in [2.24, 2.45) is 0 Å². The summed E-state index contributed by atoms with van der Waals surface area (Å²) < 4.78 is 81.4. The minimum absolute atomic E-state index is 0.146. The molecule has 5 nitrogen and oxygen atoms in total. The molecule has 1 aliphatic heterocycles. The van der Waals surface area contributed by atoms with Crippen molar-refractivity contribution in [3.8, 4) is 0 Å². The van der Waals surface area contributed by atoms with Crippen LogP contribution in [0.4, 0.5) is 17.6 Å². The molecule has 0 spiro atoms. The van der Waals surface area contributed by atoms with Gasteiger partial charge in [0.25, 0.3) is 0 Å². The molecule has 1 aliphatic rings. The molecule has 0 bridgehead atoms. The molecular weight excluding hydrogens is 342 g/mol. The summed E-state index contributed by atoms with van der Waals surface area (Å²) in [5.74, 6) is -1.88. The first kappa shape index (κ1) is 17.7. The monoisotopic (exact) mass is 355 g/mol. The van der Waals surface area contributed by atoms with Crippen molar-refractivity contribution in [2.75, 3.05) is 13.7 Å². The van der Waals surface area contributed by atoms with Gasteiger partial charge in [0.15, 0.2) is 9.84 Å². The number of carbonyl (C=O) groups excluding carboxylic acids is 1. The van der Waals surface area contributed by atoms with Crippen LogP contribution in [0.1, 0.15) is 12.0 Å². The molecule has 1 heterocycles. The number of alkyl halides is 3. The number of sulfone groups is 1. The predicted octanol–water partition coefficient (Wildman–Crippen LogP) is 1.52. The van der Waals surface area contributed by atoms with E-state index in [2.05, 4.69) is 10.1 Å². The zero-order valence-electron chi connectivity index (χ0n) is 11.9. The van der Waals surface area contributed by atoms with E-state index in [1.807, 2.05) is 0 Å². The van der Waals surface area contributed by atoms with Crippen LogP contribution in [0.5, 0.6) is 0 Å². The van der Waals surface area contributed by atoms with Crippen LogP contribution < -0.4 is 5.32 Å². The number of hydrogen-bond acceptors (Lipinski definition) is 5. The highest BCUT2D eigenvalue weighted by Crippen LogP contribution is 2.37. The van der Waals surface area contributed by atoms with E-state index >= 15 is 0 Å². The summed E-state index contributed by atoms with van der Waals surface area (Å²) in [6, 6.07) is 0.489. The second-order valence-electron chi connectivity index (χ2n) is 5.02. The molecule has 0 radical (unpaired) electrons. The summed E-state index contributed by atoms with van der Waals surface area (Å²) in [6.45, 7) is -0.198. The second-order valence-corrected chi connectivity index (χ2v) is 7.22. The van der Waals surface area contributed by atoms with E-state index in [4.69, 9.17) is 0 Å². The lowest BCUT2D eigenvalue weighted by Crippen LogP contribution is -2.31. The summed E-state index contributed by atoms with van der Waals surface area (Å²) >= 11 is 0. The third-order valence-electron chi connectivity index (χ3n) is 3.57. The third-order valence-corrected chi connectivity index (χ3v) is 5.77. The zero-order chi connectivity index (χ0) is 17.4. The molecule has 10 heteroatoms. The van der Waals surface area contributed by atoms with Crippen LogP contribution in [0, 0.1) is 5.82 Å². The largest absolute Gasteiger partial charge is 0.468 e. The lowest BCUT2D eigenvalue weighted by Gasteiger charge is -2.16. The quantitative estimate of drug-likeness (QED) is 0.506. The molecule has 1 fully saturated rings. The van der Waals surface area contributed by atoms with Crippen LogP contribution in [0.2, 0.25) is 0 Å². The number of ether oxygens (including phenoxy) is 1. The lowest BCUT2D eigenvalue weighted by molar-refractivity contribution is -0.142. The fourth-order valence-corrected chi connectivity index (χ4v) is 4.27. The van der Waals surface area contributed by atoms with E-state index in [0.717, 1.165) is 7.11 Å². The molecule has 128 valence electrons. The van der Waals surface area contributed by atoms with E-state index in [-0.39, 0.29) is 19.0 Å². The molecule has 2 rings (SSSR count). The number of nitrogens with one attached hydrogen (secondary N) is 1. The SMILES string of the molecule is COC(=O)[C@@H]1C[C@@H](S(=O)(=O)c2ccc(F)cc2C(F)(F)F)CN1. The Morgan fingerprint density at radius 2 is 2.00 bits per heavy atom. The molecule has 1 aromatic carbocycles. The van der Waals surface area contributed by atoms with E-state index in [9.17, 15) is 30.8 Å². The fraction of sp³-hybridized carbons (Fsp3) is 0.462. The lowest BCUT2D eigenvalue weighted by atomic mass is 10.2. The summed E-state index contributed by atoms with van der Waals surface area (Å²) in [4.78, 5) is 10.4. The maximum Gasteiger partial charge on any atom is 0.417 e. The average molecular weight is 355 g/mol. The van der Waals surface area contributed by atoms with Gasteiger partial charge < -0.3 is 10.1 Å². The Kier molecular flexibility index (Phi) is 4.67. The van der Waals surface area contributed by atoms with Gasteiger partial charge in [0.05, 0.1) is 22.8 Å². The minimum atomic E-state index is -5.02. The summed E-state index contributed by atoms with van der Waals surface area (Å²) in [7, 11) is -3.28. The molecule has 0 saturated carbocycles. The van der Waals surface area contributed by atoms with Crippen LogP contribution in [0.15, 0.2) is 23.1 Å². The van der Waals surface area contributed by atoms with Crippen LogP contribution in [-0.2, 0) is 25.5 Å². The van der Waals surface area contributed by atoms with Gasteiger partial charge in [0, 0.05) is 6.54 Å². The highest BCUT2D eigenvalue weighted by atomic mass is 32.2. The first-order valence-corrected chi connectivity index (χ1v) is 8.04. The molecule has 0 aliphatic carbocycles. The molecule has 1 N–H and O–H groups in total. The Morgan fingerprint density at radius 1 is 1.35 bits per heavy atom. The van der Waals surface area contributed by atoms with Gasteiger partial charge in [-0.25, -0.2) is 12.8 Å². The fourth-order valence-electron chi connectivity index (χ4n) is 2.41. The van der Waals surface area contributed by atoms with Gasteiger partial charge in [-0.1, -0.05) is 0 Å². The van der Waals surface area contributed by atoms with Gasteiger partial charge in [0.2, 0.25) is 0 Å². The van der Waals surface area contributed by atoms with Crippen molar-refractivity contribution in [1.82, 2.24) is 5.32 Å². The summed E-state index contributed by atoms with van der Waals surface area (Å²) in [5.41, 5.74) is -1.56. The highest BCUT2D eigenvalue weighted by Gasteiger charge is 2.43. The van der Waals surface area contributed by atoms with Gasteiger partial charge in [-0.15, -0.1) is 0 Å². The first-order chi connectivity index (χ1) is 10.6. The van der Waals surface area contributed by atoms with E-state index in [1.54, 1.807) is 0 Å². The van der Waals surface area contributed by atoms with Crippen molar-refractivity contribution < 1.29 is 35.5 Å².